The Bertz CT molecular complexity index is 743. The van der Waals surface area contributed by atoms with E-state index in [1.165, 1.54) is 14.0 Å². The van der Waals surface area contributed by atoms with Gasteiger partial charge in [0.1, 0.15) is 0 Å². The number of benzene rings is 2. The maximum atomic E-state index is 12.4. The van der Waals surface area contributed by atoms with E-state index in [0.717, 1.165) is 5.69 Å². The maximum absolute atomic E-state index is 12.4. The lowest BCUT2D eigenvalue weighted by Gasteiger charge is -2.21. The van der Waals surface area contributed by atoms with Crippen LogP contribution in [0.4, 0.5) is 5.69 Å². The van der Waals surface area contributed by atoms with Crippen molar-refractivity contribution in [1.29, 1.82) is 0 Å². The number of hydrogen-bond acceptors (Lipinski definition) is 4. The van der Waals surface area contributed by atoms with Crippen LogP contribution in [-0.4, -0.2) is 32.0 Å². The Balaban J connectivity index is 1.88. The van der Waals surface area contributed by atoms with Crippen LogP contribution < -0.4 is 14.4 Å². The number of ether oxygens (including phenoxy) is 2. The minimum Gasteiger partial charge on any atom is -0.493 e. The van der Waals surface area contributed by atoms with Crippen molar-refractivity contribution in [2.24, 2.45) is 0 Å². The van der Waals surface area contributed by atoms with Gasteiger partial charge in [-0.15, -0.1) is 0 Å². The van der Waals surface area contributed by atoms with E-state index in [-0.39, 0.29) is 11.7 Å². The molecule has 0 spiro atoms. The summed E-state index contributed by atoms with van der Waals surface area (Å²) in [5.74, 6) is 1.13. The lowest BCUT2D eigenvalue weighted by atomic mass is 10.1. The van der Waals surface area contributed by atoms with E-state index in [1.54, 1.807) is 23.1 Å². The van der Waals surface area contributed by atoms with Gasteiger partial charge in [0.2, 0.25) is 5.91 Å². The first-order valence-corrected chi connectivity index (χ1v) is 8.74. The highest BCUT2D eigenvalue weighted by Gasteiger charge is 2.13. The van der Waals surface area contributed by atoms with Crippen LogP contribution in [0.2, 0.25) is 0 Å². The van der Waals surface area contributed by atoms with Crippen LogP contribution in [0.1, 0.15) is 37.0 Å². The molecule has 0 saturated carbocycles. The van der Waals surface area contributed by atoms with Crippen LogP contribution in [0.5, 0.6) is 11.5 Å². The number of anilines is 1. The molecule has 0 N–H and O–H groups in total. The van der Waals surface area contributed by atoms with Gasteiger partial charge in [-0.3, -0.25) is 9.59 Å². The molecular formula is C21H25NO4. The highest BCUT2D eigenvalue weighted by molar-refractivity contribution is 5.94. The van der Waals surface area contributed by atoms with E-state index in [9.17, 15) is 9.59 Å². The zero-order valence-electron chi connectivity index (χ0n) is 15.5. The smallest absolute Gasteiger partial charge is 0.227 e. The first-order valence-electron chi connectivity index (χ1n) is 8.74. The van der Waals surface area contributed by atoms with Gasteiger partial charge in [-0.1, -0.05) is 18.2 Å². The molecule has 0 radical (unpaired) electrons. The largest absolute Gasteiger partial charge is 0.493 e. The molecule has 138 valence electrons. The summed E-state index contributed by atoms with van der Waals surface area (Å²) in [5.41, 5.74) is 1.48. The molecule has 26 heavy (non-hydrogen) atoms. The number of hydrogen-bond donors (Lipinski definition) is 0. The van der Waals surface area contributed by atoms with E-state index >= 15 is 0 Å². The topological polar surface area (TPSA) is 55.8 Å². The summed E-state index contributed by atoms with van der Waals surface area (Å²) in [6.07, 6.45) is 0.996. The normalized spacial score (nSPS) is 10.3. The molecule has 2 aromatic rings. The molecule has 0 unspecified atom stereocenters. The molecular weight excluding hydrogens is 330 g/mol. The van der Waals surface area contributed by atoms with E-state index in [2.05, 4.69) is 0 Å². The van der Waals surface area contributed by atoms with E-state index in [1.807, 2.05) is 37.3 Å². The Hall–Kier alpha value is -2.82. The predicted octanol–water partition coefficient (Wildman–Crippen LogP) is 4.11. The molecule has 0 aromatic heterocycles. The van der Waals surface area contributed by atoms with Gasteiger partial charge in [0, 0.05) is 24.2 Å². The van der Waals surface area contributed by atoms with Crippen molar-refractivity contribution in [3.05, 3.63) is 54.1 Å². The molecule has 0 bridgehead atoms. The van der Waals surface area contributed by atoms with Crippen LogP contribution >= 0.6 is 0 Å². The summed E-state index contributed by atoms with van der Waals surface area (Å²) in [7, 11) is 1.54. The first kappa shape index (κ1) is 19.5. The Labute approximate surface area is 154 Å². The van der Waals surface area contributed by atoms with E-state index in [0.29, 0.717) is 43.1 Å². The van der Waals surface area contributed by atoms with Crippen molar-refractivity contribution in [3.8, 4) is 11.5 Å². The molecule has 5 nitrogen and oxygen atoms in total. The zero-order valence-corrected chi connectivity index (χ0v) is 15.5. The van der Waals surface area contributed by atoms with Crippen molar-refractivity contribution in [2.45, 2.75) is 26.7 Å². The van der Waals surface area contributed by atoms with Gasteiger partial charge < -0.3 is 14.4 Å². The SMILES string of the molecule is CCN(C(=O)CCCOc1ccc(C(C)=O)cc1OC)c1ccccc1. The van der Waals surface area contributed by atoms with Gasteiger partial charge in [-0.05, 0) is 50.6 Å². The maximum Gasteiger partial charge on any atom is 0.227 e. The third-order valence-corrected chi connectivity index (χ3v) is 4.05. The average Bonchev–Trinajstić information content (AvgIpc) is 2.66. The van der Waals surface area contributed by atoms with E-state index in [4.69, 9.17) is 9.47 Å². The number of amides is 1. The quantitative estimate of drug-likeness (QED) is 0.502. The van der Waals surface area contributed by atoms with Crippen molar-refractivity contribution < 1.29 is 19.1 Å². The first-order chi connectivity index (χ1) is 12.6. The van der Waals surface area contributed by atoms with Crippen LogP contribution in [0, 0.1) is 0 Å². The minimum absolute atomic E-state index is 0.0268. The zero-order chi connectivity index (χ0) is 18.9. The summed E-state index contributed by atoms with van der Waals surface area (Å²) in [5, 5.41) is 0. The Morgan fingerprint density at radius 1 is 1.04 bits per heavy atom. The second-order valence-corrected chi connectivity index (χ2v) is 5.85. The van der Waals surface area contributed by atoms with Crippen molar-refractivity contribution in [3.63, 3.8) is 0 Å². The standard InChI is InChI=1S/C21H25NO4/c1-4-22(18-9-6-5-7-10-18)21(24)11-8-14-26-19-13-12-17(16(2)23)15-20(19)25-3/h5-7,9-10,12-13,15H,4,8,11,14H2,1-3H3. The molecule has 0 heterocycles. The summed E-state index contributed by atoms with van der Waals surface area (Å²) in [6.45, 7) is 4.49. The summed E-state index contributed by atoms with van der Waals surface area (Å²) < 4.78 is 11.0. The number of methoxy groups -OCH3 is 1. The number of carbonyl (C=O) groups is 2. The monoisotopic (exact) mass is 355 g/mol. The lowest BCUT2D eigenvalue weighted by Crippen LogP contribution is -2.30. The van der Waals surface area contributed by atoms with Crippen LogP contribution in [0.15, 0.2) is 48.5 Å². The van der Waals surface area contributed by atoms with Gasteiger partial charge >= 0.3 is 0 Å². The van der Waals surface area contributed by atoms with Gasteiger partial charge in [0.05, 0.1) is 13.7 Å². The van der Waals surface area contributed by atoms with E-state index < -0.39 is 0 Å². The van der Waals surface area contributed by atoms with Gasteiger partial charge in [-0.2, -0.15) is 0 Å². The van der Waals surface area contributed by atoms with Crippen molar-refractivity contribution in [1.82, 2.24) is 0 Å². The Kier molecular flexibility index (Phi) is 7.21. The highest BCUT2D eigenvalue weighted by Crippen LogP contribution is 2.28. The summed E-state index contributed by atoms with van der Waals surface area (Å²) in [6, 6.07) is 14.7. The van der Waals surface area contributed by atoms with Crippen LogP contribution in [0.25, 0.3) is 0 Å². The summed E-state index contributed by atoms with van der Waals surface area (Å²) >= 11 is 0. The number of rotatable bonds is 9. The van der Waals surface area contributed by atoms with Crippen molar-refractivity contribution in [2.75, 3.05) is 25.2 Å². The van der Waals surface area contributed by atoms with Crippen LogP contribution in [-0.2, 0) is 4.79 Å². The molecule has 0 fully saturated rings. The molecule has 0 saturated heterocycles. The van der Waals surface area contributed by atoms with Crippen molar-refractivity contribution >= 4 is 17.4 Å². The highest BCUT2D eigenvalue weighted by atomic mass is 16.5. The fourth-order valence-corrected chi connectivity index (χ4v) is 2.66. The second kappa shape index (κ2) is 9.61. The fraction of sp³-hybridized carbons (Fsp3) is 0.333. The molecule has 2 rings (SSSR count). The van der Waals surface area contributed by atoms with Gasteiger partial charge in [0.25, 0.3) is 0 Å². The average molecular weight is 355 g/mol. The number of ketones is 1. The van der Waals surface area contributed by atoms with Crippen LogP contribution in [0.3, 0.4) is 0 Å². The molecule has 1 amide bonds. The third kappa shape index (κ3) is 5.09. The second-order valence-electron chi connectivity index (χ2n) is 5.85. The number of para-hydroxylation sites is 1. The van der Waals surface area contributed by atoms with Gasteiger partial charge in [0.15, 0.2) is 17.3 Å². The fourth-order valence-electron chi connectivity index (χ4n) is 2.66. The molecule has 0 aliphatic heterocycles. The number of carbonyl (C=O) groups excluding carboxylic acids is 2. The summed E-state index contributed by atoms with van der Waals surface area (Å²) in [4.78, 5) is 25.6. The molecule has 0 aliphatic carbocycles. The Morgan fingerprint density at radius 2 is 1.77 bits per heavy atom. The third-order valence-electron chi connectivity index (χ3n) is 4.05. The lowest BCUT2D eigenvalue weighted by molar-refractivity contribution is -0.118. The number of nitrogens with zero attached hydrogens (tertiary/aromatic N) is 1. The molecule has 5 heteroatoms. The minimum atomic E-state index is -0.0268. The molecule has 0 aliphatic rings. The number of Topliss-reactive ketones (excluding diaryl/α,β-unsaturated/α-hetero) is 1. The van der Waals surface area contributed by atoms with Gasteiger partial charge in [-0.25, -0.2) is 0 Å². The predicted molar refractivity (Wildman–Crippen MR) is 102 cm³/mol. The molecule has 0 atom stereocenters. The molecule has 2 aromatic carbocycles. The Morgan fingerprint density at radius 3 is 2.38 bits per heavy atom.